The fourth-order valence-corrected chi connectivity index (χ4v) is 4.21. The van der Waals surface area contributed by atoms with Crippen LogP contribution in [0.4, 0.5) is 0 Å². The Hall–Kier alpha value is -1.12. The minimum absolute atomic E-state index is 0.127. The summed E-state index contributed by atoms with van der Waals surface area (Å²) in [6.07, 6.45) is 4.14. The van der Waals surface area contributed by atoms with E-state index >= 15 is 0 Å². The third-order valence-electron chi connectivity index (χ3n) is 4.61. The Kier molecular flexibility index (Phi) is 1.00. The zero-order valence-corrected chi connectivity index (χ0v) is 7.69. The molecule has 4 fully saturated rings. The second-order valence-corrected chi connectivity index (χ2v) is 5.08. The lowest BCUT2D eigenvalue weighted by atomic mass is 9.90. The first kappa shape index (κ1) is 7.21. The number of amides is 2. The Morgan fingerprint density at radius 2 is 1.93 bits per heavy atom. The van der Waals surface area contributed by atoms with E-state index in [9.17, 15) is 9.59 Å². The molecule has 4 saturated carbocycles. The number of hydrogen-bond acceptors (Lipinski definition) is 2. The molecule has 0 aromatic heterocycles. The van der Waals surface area contributed by atoms with Gasteiger partial charge in [-0.05, 0) is 42.4 Å². The van der Waals surface area contributed by atoms with Gasteiger partial charge in [0, 0.05) is 11.6 Å². The molecule has 3 unspecified atom stereocenters. The molecule has 4 aliphatic carbocycles. The Bertz CT molecular complexity index is 384. The third kappa shape index (κ3) is 0.636. The first-order valence-electron chi connectivity index (χ1n) is 5.32. The fourth-order valence-electron chi connectivity index (χ4n) is 4.21. The van der Waals surface area contributed by atoms with Crippen molar-refractivity contribution in [1.29, 1.82) is 0 Å². The van der Waals surface area contributed by atoms with Gasteiger partial charge in [0.2, 0.25) is 0 Å². The number of rotatable bonds is 1. The second kappa shape index (κ2) is 1.95. The number of carbonyl (C=O) groups excluding carboxylic acids is 2. The number of nitrogens with one attached hydrogen (secondary N) is 1. The molecule has 0 aromatic carbocycles. The van der Waals surface area contributed by atoms with Crippen LogP contribution < -0.4 is 5.32 Å². The maximum absolute atomic E-state index is 11.5. The Morgan fingerprint density at radius 3 is 2.36 bits per heavy atom. The van der Waals surface area contributed by atoms with Crippen LogP contribution in [0.25, 0.3) is 0 Å². The molecular formula is C11H11NO2. The van der Waals surface area contributed by atoms with E-state index in [2.05, 4.69) is 5.32 Å². The standard InChI is InChI=1S/C11H11NO2/c13-8-3-7(11(14)12-8)9-4-1-5-6(2-4)10(5)9/h3-6,9-10H,1-2H2,(H,12,13,14). The van der Waals surface area contributed by atoms with Crippen molar-refractivity contribution >= 4 is 11.8 Å². The maximum atomic E-state index is 11.5. The van der Waals surface area contributed by atoms with Gasteiger partial charge in [-0.3, -0.25) is 14.9 Å². The average Bonchev–Trinajstić information content (AvgIpc) is 2.64. The Morgan fingerprint density at radius 1 is 1.21 bits per heavy atom. The maximum Gasteiger partial charge on any atom is 0.254 e. The zero-order valence-electron chi connectivity index (χ0n) is 7.69. The molecule has 2 amide bonds. The molecule has 0 saturated heterocycles. The van der Waals surface area contributed by atoms with Crippen molar-refractivity contribution < 1.29 is 9.59 Å². The molecule has 4 bridgehead atoms. The third-order valence-corrected chi connectivity index (χ3v) is 4.61. The summed E-state index contributed by atoms with van der Waals surface area (Å²) in [4.78, 5) is 22.6. The van der Waals surface area contributed by atoms with Gasteiger partial charge in [0.15, 0.2) is 0 Å². The summed E-state index contributed by atoms with van der Waals surface area (Å²) in [6, 6.07) is 0. The van der Waals surface area contributed by atoms with Crippen molar-refractivity contribution in [3.05, 3.63) is 11.6 Å². The van der Waals surface area contributed by atoms with Crippen molar-refractivity contribution in [3.63, 3.8) is 0 Å². The summed E-state index contributed by atoms with van der Waals surface area (Å²) >= 11 is 0. The van der Waals surface area contributed by atoms with Crippen molar-refractivity contribution in [1.82, 2.24) is 5.32 Å². The van der Waals surface area contributed by atoms with E-state index in [4.69, 9.17) is 0 Å². The van der Waals surface area contributed by atoms with Gasteiger partial charge in [-0.15, -0.1) is 0 Å². The van der Waals surface area contributed by atoms with Gasteiger partial charge >= 0.3 is 0 Å². The molecule has 1 N–H and O–H groups in total. The van der Waals surface area contributed by atoms with Gasteiger partial charge < -0.3 is 0 Å². The smallest absolute Gasteiger partial charge is 0.254 e. The van der Waals surface area contributed by atoms with Crippen LogP contribution in [-0.2, 0) is 9.59 Å². The largest absolute Gasteiger partial charge is 0.289 e. The first-order valence-corrected chi connectivity index (χ1v) is 5.32. The average molecular weight is 189 g/mol. The van der Waals surface area contributed by atoms with Gasteiger partial charge in [0.05, 0.1) is 0 Å². The Balaban J connectivity index is 1.74. The van der Waals surface area contributed by atoms with Crippen molar-refractivity contribution in [2.24, 2.45) is 29.6 Å². The van der Waals surface area contributed by atoms with Crippen LogP contribution in [0.5, 0.6) is 0 Å². The van der Waals surface area contributed by atoms with Crippen molar-refractivity contribution in [2.45, 2.75) is 12.8 Å². The molecule has 5 rings (SSSR count). The minimum Gasteiger partial charge on any atom is -0.289 e. The summed E-state index contributed by atoms with van der Waals surface area (Å²) in [5.74, 6) is 3.34. The predicted octanol–water partition coefficient (Wildman–Crippen LogP) is 0.471. The Labute approximate surface area is 81.5 Å². The van der Waals surface area contributed by atoms with Crippen molar-refractivity contribution in [3.8, 4) is 0 Å². The summed E-state index contributed by atoms with van der Waals surface area (Å²) in [5.41, 5.74) is 0.785. The molecule has 3 heteroatoms. The molecular weight excluding hydrogens is 178 g/mol. The van der Waals surface area contributed by atoms with Crippen LogP contribution >= 0.6 is 0 Å². The summed E-state index contributed by atoms with van der Waals surface area (Å²) in [7, 11) is 0. The van der Waals surface area contributed by atoms with Crippen LogP contribution in [0.3, 0.4) is 0 Å². The molecule has 3 atom stereocenters. The van der Waals surface area contributed by atoms with Gasteiger partial charge in [-0.2, -0.15) is 0 Å². The van der Waals surface area contributed by atoms with Gasteiger partial charge in [-0.25, -0.2) is 0 Å². The second-order valence-electron chi connectivity index (χ2n) is 5.08. The summed E-state index contributed by atoms with van der Waals surface area (Å²) < 4.78 is 0. The van der Waals surface area contributed by atoms with Gasteiger partial charge in [0.25, 0.3) is 11.8 Å². The number of hydrogen-bond donors (Lipinski definition) is 1. The molecule has 5 aliphatic rings. The van der Waals surface area contributed by atoms with E-state index in [0.717, 1.165) is 23.3 Å². The summed E-state index contributed by atoms with van der Waals surface area (Å²) in [5, 5.41) is 2.35. The summed E-state index contributed by atoms with van der Waals surface area (Å²) in [6.45, 7) is 0. The molecule has 3 nitrogen and oxygen atoms in total. The zero-order chi connectivity index (χ0) is 9.45. The van der Waals surface area contributed by atoms with Crippen LogP contribution in [0.1, 0.15) is 12.8 Å². The quantitative estimate of drug-likeness (QED) is 0.609. The number of imide groups is 1. The molecule has 1 heterocycles. The van der Waals surface area contributed by atoms with Crippen molar-refractivity contribution in [2.75, 3.05) is 0 Å². The molecule has 14 heavy (non-hydrogen) atoms. The highest BCUT2D eigenvalue weighted by atomic mass is 16.2. The van der Waals surface area contributed by atoms with E-state index in [1.165, 1.54) is 18.9 Å². The van der Waals surface area contributed by atoms with Crippen LogP contribution in [-0.4, -0.2) is 11.8 Å². The van der Waals surface area contributed by atoms with Crippen LogP contribution in [0.2, 0.25) is 0 Å². The normalized spacial score (nSPS) is 52.3. The SMILES string of the molecule is O=C1C=C(C2C3CC4C(C3)C42)C(=O)N1. The highest BCUT2D eigenvalue weighted by molar-refractivity contribution is 6.16. The topological polar surface area (TPSA) is 46.2 Å². The number of carbonyl (C=O) groups is 2. The van der Waals surface area contributed by atoms with E-state index in [0.29, 0.717) is 11.8 Å². The van der Waals surface area contributed by atoms with E-state index in [1.807, 2.05) is 0 Å². The van der Waals surface area contributed by atoms with Gasteiger partial charge in [-0.1, -0.05) is 0 Å². The molecule has 72 valence electrons. The highest BCUT2D eigenvalue weighted by Crippen LogP contribution is 2.74. The van der Waals surface area contributed by atoms with Crippen LogP contribution in [0.15, 0.2) is 11.6 Å². The minimum atomic E-state index is -0.216. The molecule has 0 radical (unpaired) electrons. The first-order chi connectivity index (χ1) is 6.75. The van der Waals surface area contributed by atoms with E-state index < -0.39 is 0 Å². The highest BCUT2D eigenvalue weighted by Gasteiger charge is 2.69. The van der Waals surface area contributed by atoms with Gasteiger partial charge in [0.1, 0.15) is 0 Å². The van der Waals surface area contributed by atoms with E-state index in [1.54, 1.807) is 0 Å². The fraction of sp³-hybridized carbons (Fsp3) is 0.636. The predicted molar refractivity (Wildman–Crippen MR) is 47.9 cm³/mol. The van der Waals surface area contributed by atoms with E-state index in [-0.39, 0.29) is 11.8 Å². The monoisotopic (exact) mass is 189 g/mol. The molecule has 0 aromatic rings. The molecule has 1 aliphatic heterocycles. The lowest BCUT2D eigenvalue weighted by molar-refractivity contribution is -0.124. The lowest BCUT2D eigenvalue weighted by Crippen LogP contribution is -2.25. The lowest BCUT2D eigenvalue weighted by Gasteiger charge is -2.13. The van der Waals surface area contributed by atoms with Crippen LogP contribution in [0, 0.1) is 29.6 Å². The molecule has 0 spiro atoms.